The number of aliphatic hydroxyl groups is 1. The zero-order valence-corrected chi connectivity index (χ0v) is 17.2. The highest BCUT2D eigenvalue weighted by molar-refractivity contribution is 5.66. The zero-order chi connectivity index (χ0) is 20.1. The van der Waals surface area contributed by atoms with Gasteiger partial charge in [0, 0.05) is 18.7 Å². The van der Waals surface area contributed by atoms with Crippen molar-refractivity contribution < 1.29 is 9.84 Å². The molecule has 3 nitrogen and oxygen atoms in total. The second kappa shape index (κ2) is 8.71. The highest BCUT2D eigenvalue weighted by Gasteiger charge is 2.27. The minimum Gasteiger partial charge on any atom is -0.486 e. The summed E-state index contributed by atoms with van der Waals surface area (Å²) in [5, 5.41) is 10.3. The molecule has 1 heterocycles. The lowest BCUT2D eigenvalue weighted by atomic mass is 9.84. The summed E-state index contributed by atoms with van der Waals surface area (Å²) in [4.78, 5) is 2.38. The number of nitrogens with zero attached hydrogens (tertiary/aromatic N) is 1. The number of piperidine rings is 1. The molecule has 0 spiro atoms. The van der Waals surface area contributed by atoms with Crippen molar-refractivity contribution >= 4 is 5.69 Å². The van der Waals surface area contributed by atoms with E-state index in [0.717, 1.165) is 41.2 Å². The summed E-state index contributed by atoms with van der Waals surface area (Å²) in [5.41, 5.74) is 3.89. The van der Waals surface area contributed by atoms with Crippen LogP contribution >= 0.6 is 0 Å². The first-order valence-corrected chi connectivity index (χ1v) is 10.1. The van der Waals surface area contributed by atoms with Crippen LogP contribution < -0.4 is 9.64 Å². The maximum atomic E-state index is 10.3. The molecule has 1 aliphatic rings. The number of benzene rings is 2. The van der Waals surface area contributed by atoms with E-state index in [4.69, 9.17) is 11.2 Å². The lowest BCUT2D eigenvalue weighted by molar-refractivity contribution is 0.237. The molecular weight excluding hydrogens is 346 g/mol. The van der Waals surface area contributed by atoms with Crippen LogP contribution in [0.5, 0.6) is 5.75 Å². The van der Waals surface area contributed by atoms with Gasteiger partial charge in [0.1, 0.15) is 18.5 Å². The van der Waals surface area contributed by atoms with Gasteiger partial charge in [-0.1, -0.05) is 57.0 Å². The lowest BCUT2D eigenvalue weighted by Gasteiger charge is -2.34. The molecule has 0 aromatic heterocycles. The molecule has 1 aliphatic heterocycles. The second-order valence-electron chi connectivity index (χ2n) is 8.56. The van der Waals surface area contributed by atoms with Gasteiger partial charge in [0.05, 0.1) is 5.69 Å². The average molecular weight is 378 g/mol. The largest absolute Gasteiger partial charge is 0.486 e. The van der Waals surface area contributed by atoms with E-state index in [2.05, 4.69) is 43.7 Å². The van der Waals surface area contributed by atoms with Gasteiger partial charge in [0.15, 0.2) is 0 Å². The highest BCUT2D eigenvalue weighted by Crippen LogP contribution is 2.42. The van der Waals surface area contributed by atoms with Crippen LogP contribution in [0.15, 0.2) is 42.5 Å². The van der Waals surface area contributed by atoms with E-state index in [1.165, 1.54) is 19.3 Å². The van der Waals surface area contributed by atoms with Crippen LogP contribution in [0.1, 0.15) is 62.8 Å². The van der Waals surface area contributed by atoms with Crippen LogP contribution in [0, 0.1) is 12.3 Å². The third-order valence-electron chi connectivity index (χ3n) is 5.30. The monoisotopic (exact) mass is 377 g/mol. The van der Waals surface area contributed by atoms with Crippen molar-refractivity contribution in [2.45, 2.75) is 58.2 Å². The maximum absolute atomic E-state index is 10.3. The molecule has 1 unspecified atom stereocenters. The smallest absolute Gasteiger partial charge is 0.146 e. The van der Waals surface area contributed by atoms with Crippen molar-refractivity contribution in [2.75, 3.05) is 18.0 Å². The molecule has 0 radical (unpaired) electrons. The fourth-order valence-corrected chi connectivity index (χ4v) is 3.70. The van der Waals surface area contributed by atoms with Gasteiger partial charge < -0.3 is 14.7 Å². The van der Waals surface area contributed by atoms with Gasteiger partial charge in [-0.2, -0.15) is 0 Å². The van der Waals surface area contributed by atoms with Gasteiger partial charge in [-0.3, -0.25) is 0 Å². The van der Waals surface area contributed by atoms with Crippen LogP contribution in [-0.4, -0.2) is 18.2 Å². The number of hydrogen-bond acceptors (Lipinski definition) is 3. The van der Waals surface area contributed by atoms with Gasteiger partial charge in [0.25, 0.3) is 0 Å². The second-order valence-corrected chi connectivity index (χ2v) is 8.56. The van der Waals surface area contributed by atoms with Crippen LogP contribution in [0.2, 0.25) is 0 Å². The molecule has 0 aliphatic carbocycles. The van der Waals surface area contributed by atoms with E-state index in [1.807, 2.05) is 30.3 Å². The Labute approximate surface area is 169 Å². The molecule has 1 fully saturated rings. The first-order chi connectivity index (χ1) is 13.4. The van der Waals surface area contributed by atoms with E-state index in [-0.39, 0.29) is 5.41 Å². The summed E-state index contributed by atoms with van der Waals surface area (Å²) in [7, 11) is 0. The van der Waals surface area contributed by atoms with Crippen LogP contribution in [0.3, 0.4) is 0 Å². The Hall–Kier alpha value is -2.44. The van der Waals surface area contributed by atoms with Gasteiger partial charge in [-0.25, -0.2) is 0 Å². The van der Waals surface area contributed by atoms with Crippen molar-refractivity contribution in [3.63, 3.8) is 0 Å². The van der Waals surface area contributed by atoms with Crippen LogP contribution in [0.4, 0.5) is 5.69 Å². The lowest BCUT2D eigenvalue weighted by Crippen LogP contribution is -2.30. The zero-order valence-electron chi connectivity index (χ0n) is 17.2. The fourth-order valence-electron chi connectivity index (χ4n) is 3.70. The molecule has 148 valence electrons. The quantitative estimate of drug-likeness (QED) is 0.725. The Morgan fingerprint density at radius 3 is 2.39 bits per heavy atom. The van der Waals surface area contributed by atoms with Crippen molar-refractivity contribution in [1.29, 1.82) is 0 Å². The molecule has 0 amide bonds. The Kier molecular flexibility index (Phi) is 6.31. The summed E-state index contributed by atoms with van der Waals surface area (Å²) in [6.07, 6.45) is 8.21. The molecule has 0 bridgehead atoms. The highest BCUT2D eigenvalue weighted by atomic mass is 16.5. The SMILES string of the molecule is C#CC(O)c1cc(N2CCCCC2)c(OCc2ccccc2)c(C(C)(C)C)c1. The summed E-state index contributed by atoms with van der Waals surface area (Å²) >= 11 is 0. The molecule has 1 N–H and O–H groups in total. The van der Waals surface area contributed by atoms with E-state index < -0.39 is 6.10 Å². The Bertz CT molecular complexity index is 824. The Morgan fingerprint density at radius 1 is 1.11 bits per heavy atom. The standard InChI is InChI=1S/C25H31NO2/c1-5-23(27)20-16-21(25(2,3)4)24(28-18-19-12-8-6-9-13-19)22(17-20)26-14-10-7-11-15-26/h1,6,8-9,12-13,16-17,23,27H,7,10-11,14-15,18H2,2-4H3. The topological polar surface area (TPSA) is 32.7 Å². The summed E-state index contributed by atoms with van der Waals surface area (Å²) < 4.78 is 6.43. The first-order valence-electron chi connectivity index (χ1n) is 10.1. The average Bonchev–Trinajstić information content (AvgIpc) is 2.71. The summed E-state index contributed by atoms with van der Waals surface area (Å²) in [6.45, 7) is 9.03. The molecule has 2 aromatic rings. The van der Waals surface area contributed by atoms with E-state index in [9.17, 15) is 5.11 Å². The molecule has 2 aromatic carbocycles. The predicted octanol–water partition coefficient (Wildman–Crippen LogP) is 5.22. The molecular formula is C25H31NO2. The summed E-state index contributed by atoms with van der Waals surface area (Å²) in [5.74, 6) is 3.37. The fraction of sp³-hybridized carbons (Fsp3) is 0.440. The van der Waals surface area contributed by atoms with Crippen molar-refractivity contribution in [2.24, 2.45) is 0 Å². The molecule has 1 saturated heterocycles. The van der Waals surface area contributed by atoms with E-state index in [1.54, 1.807) is 0 Å². The van der Waals surface area contributed by atoms with E-state index >= 15 is 0 Å². The molecule has 28 heavy (non-hydrogen) atoms. The van der Waals surface area contributed by atoms with Crippen molar-refractivity contribution in [3.05, 3.63) is 59.2 Å². The Balaban J connectivity index is 2.07. The predicted molar refractivity (Wildman–Crippen MR) is 116 cm³/mol. The van der Waals surface area contributed by atoms with Gasteiger partial charge in [-0.05, 0) is 47.9 Å². The number of terminal acetylenes is 1. The first kappa shape index (κ1) is 20.3. The Morgan fingerprint density at radius 2 is 1.79 bits per heavy atom. The van der Waals surface area contributed by atoms with Gasteiger partial charge in [0.2, 0.25) is 0 Å². The van der Waals surface area contributed by atoms with E-state index in [0.29, 0.717) is 6.61 Å². The molecule has 3 heteroatoms. The summed E-state index contributed by atoms with van der Waals surface area (Å²) in [6, 6.07) is 14.3. The molecule has 3 rings (SSSR count). The maximum Gasteiger partial charge on any atom is 0.146 e. The third kappa shape index (κ3) is 4.69. The minimum absolute atomic E-state index is 0.138. The van der Waals surface area contributed by atoms with Crippen molar-refractivity contribution in [3.8, 4) is 18.1 Å². The van der Waals surface area contributed by atoms with Crippen LogP contribution in [-0.2, 0) is 12.0 Å². The van der Waals surface area contributed by atoms with Crippen molar-refractivity contribution in [1.82, 2.24) is 0 Å². The number of anilines is 1. The number of hydrogen-bond donors (Lipinski definition) is 1. The number of aliphatic hydroxyl groups excluding tert-OH is 1. The molecule has 0 saturated carbocycles. The minimum atomic E-state index is -0.909. The van der Waals surface area contributed by atoms with Gasteiger partial charge >= 0.3 is 0 Å². The van der Waals surface area contributed by atoms with Gasteiger partial charge in [-0.15, -0.1) is 6.42 Å². The number of ether oxygens (including phenoxy) is 1. The normalized spacial score (nSPS) is 15.8. The number of rotatable bonds is 5. The third-order valence-corrected chi connectivity index (χ3v) is 5.30. The van der Waals surface area contributed by atoms with Crippen LogP contribution in [0.25, 0.3) is 0 Å². The molecule has 1 atom stereocenters.